The van der Waals surface area contributed by atoms with Crippen molar-refractivity contribution in [3.63, 3.8) is 0 Å². The number of Topliss-reactive ketones (excluding diaryl/α,β-unsaturated/α-hetero) is 1. The van der Waals surface area contributed by atoms with Gasteiger partial charge in [0.2, 0.25) is 5.78 Å². The SMILES string of the molecule is O=C(C1=C(O)C(=O)N(Cc2ccco2)[C@@H]1c1cccc(Oc2ccccc2)c1)c1cccs1. The molecule has 3 heterocycles. The van der Waals surface area contributed by atoms with Crippen molar-refractivity contribution in [1.82, 2.24) is 4.90 Å². The molecule has 6 nitrogen and oxygen atoms in total. The van der Waals surface area contributed by atoms with Gasteiger partial charge in [0.25, 0.3) is 5.91 Å². The summed E-state index contributed by atoms with van der Waals surface area (Å²) < 4.78 is 11.4. The number of aliphatic hydroxyl groups is 1. The van der Waals surface area contributed by atoms with Gasteiger partial charge in [0.05, 0.1) is 29.3 Å². The number of amides is 1. The number of ketones is 1. The largest absolute Gasteiger partial charge is 0.503 e. The Labute approximate surface area is 194 Å². The van der Waals surface area contributed by atoms with E-state index >= 15 is 0 Å². The van der Waals surface area contributed by atoms with Gasteiger partial charge in [-0.3, -0.25) is 9.59 Å². The molecule has 2 aromatic carbocycles. The number of carbonyl (C=O) groups excluding carboxylic acids is 2. The first-order valence-electron chi connectivity index (χ1n) is 10.3. The zero-order valence-corrected chi connectivity index (χ0v) is 18.2. The Kier molecular flexibility index (Phi) is 5.54. The second-order valence-corrected chi connectivity index (χ2v) is 8.42. The lowest BCUT2D eigenvalue weighted by Gasteiger charge is -2.26. The first-order valence-corrected chi connectivity index (χ1v) is 11.2. The molecular weight excluding hydrogens is 438 g/mol. The minimum atomic E-state index is -0.795. The van der Waals surface area contributed by atoms with Gasteiger partial charge in [-0.15, -0.1) is 11.3 Å². The van der Waals surface area contributed by atoms with Gasteiger partial charge in [0.1, 0.15) is 17.3 Å². The molecule has 1 N–H and O–H groups in total. The van der Waals surface area contributed by atoms with Crippen LogP contribution in [0.25, 0.3) is 0 Å². The molecule has 5 rings (SSSR count). The number of aliphatic hydroxyl groups excluding tert-OH is 1. The zero-order chi connectivity index (χ0) is 22.8. The molecule has 164 valence electrons. The Morgan fingerprint density at radius 2 is 1.82 bits per heavy atom. The molecule has 0 unspecified atom stereocenters. The normalized spacial score (nSPS) is 15.8. The average molecular weight is 458 g/mol. The lowest BCUT2D eigenvalue weighted by molar-refractivity contribution is -0.130. The average Bonchev–Trinajstić information content (AvgIpc) is 3.59. The number of para-hydroxylation sites is 1. The van der Waals surface area contributed by atoms with Crippen molar-refractivity contribution in [3.8, 4) is 11.5 Å². The van der Waals surface area contributed by atoms with Gasteiger partial charge in [0, 0.05) is 0 Å². The van der Waals surface area contributed by atoms with Crippen LogP contribution in [-0.2, 0) is 11.3 Å². The van der Waals surface area contributed by atoms with Crippen LogP contribution >= 0.6 is 11.3 Å². The van der Waals surface area contributed by atoms with Crippen molar-refractivity contribution in [1.29, 1.82) is 0 Å². The van der Waals surface area contributed by atoms with E-state index in [-0.39, 0.29) is 17.9 Å². The summed E-state index contributed by atoms with van der Waals surface area (Å²) in [5.41, 5.74) is 0.693. The lowest BCUT2D eigenvalue weighted by Crippen LogP contribution is -2.30. The molecule has 0 radical (unpaired) electrons. The van der Waals surface area contributed by atoms with Crippen molar-refractivity contribution in [2.45, 2.75) is 12.6 Å². The van der Waals surface area contributed by atoms with Crippen LogP contribution in [0.2, 0.25) is 0 Å². The van der Waals surface area contributed by atoms with Crippen molar-refractivity contribution < 1.29 is 23.8 Å². The topological polar surface area (TPSA) is 80.0 Å². The molecular formula is C26H19NO5S. The summed E-state index contributed by atoms with van der Waals surface area (Å²) in [5, 5.41) is 12.6. The van der Waals surface area contributed by atoms with E-state index in [9.17, 15) is 14.7 Å². The second kappa shape index (κ2) is 8.80. The Hall–Kier alpha value is -4.10. The maximum atomic E-state index is 13.3. The molecule has 0 aliphatic carbocycles. The summed E-state index contributed by atoms with van der Waals surface area (Å²) >= 11 is 1.26. The smallest absolute Gasteiger partial charge is 0.290 e. The number of hydrogen-bond donors (Lipinski definition) is 1. The fraction of sp³-hybridized carbons (Fsp3) is 0.0769. The molecule has 33 heavy (non-hydrogen) atoms. The molecule has 1 amide bonds. The van der Waals surface area contributed by atoms with Crippen molar-refractivity contribution in [2.24, 2.45) is 0 Å². The van der Waals surface area contributed by atoms with Crippen molar-refractivity contribution >= 4 is 23.0 Å². The predicted octanol–water partition coefficient (Wildman–Crippen LogP) is 5.91. The summed E-state index contributed by atoms with van der Waals surface area (Å²) in [5.74, 6) is 0.223. The maximum Gasteiger partial charge on any atom is 0.290 e. The Balaban J connectivity index is 1.56. The monoisotopic (exact) mass is 457 g/mol. The number of carbonyl (C=O) groups is 2. The van der Waals surface area contributed by atoms with E-state index < -0.39 is 17.7 Å². The number of hydrogen-bond acceptors (Lipinski definition) is 6. The minimum absolute atomic E-state index is 0.0471. The summed E-state index contributed by atoms with van der Waals surface area (Å²) in [4.78, 5) is 28.3. The minimum Gasteiger partial charge on any atom is -0.503 e. The van der Waals surface area contributed by atoms with Crippen molar-refractivity contribution in [3.05, 3.63) is 118 Å². The van der Waals surface area contributed by atoms with Gasteiger partial charge in [-0.1, -0.05) is 36.4 Å². The van der Waals surface area contributed by atoms with Gasteiger partial charge in [0.15, 0.2) is 5.76 Å². The third kappa shape index (κ3) is 4.06. The van der Waals surface area contributed by atoms with E-state index in [1.54, 1.807) is 47.8 Å². The van der Waals surface area contributed by atoms with Crippen LogP contribution < -0.4 is 4.74 Å². The van der Waals surface area contributed by atoms with E-state index in [1.807, 2.05) is 36.4 Å². The van der Waals surface area contributed by atoms with Crippen LogP contribution in [0.4, 0.5) is 0 Å². The quantitative estimate of drug-likeness (QED) is 0.349. The molecule has 1 aliphatic rings. The third-order valence-electron chi connectivity index (χ3n) is 5.35. The van der Waals surface area contributed by atoms with E-state index in [0.717, 1.165) is 0 Å². The van der Waals surface area contributed by atoms with E-state index in [2.05, 4.69) is 0 Å². The summed E-state index contributed by atoms with van der Waals surface area (Å²) in [6.07, 6.45) is 1.52. The van der Waals surface area contributed by atoms with Gasteiger partial charge in [-0.2, -0.15) is 0 Å². The highest BCUT2D eigenvalue weighted by molar-refractivity contribution is 7.12. The number of thiophene rings is 1. The molecule has 0 saturated carbocycles. The predicted molar refractivity (Wildman–Crippen MR) is 123 cm³/mol. The van der Waals surface area contributed by atoms with Crippen LogP contribution in [0, 0.1) is 0 Å². The highest BCUT2D eigenvalue weighted by Gasteiger charge is 2.44. The number of ether oxygens (including phenoxy) is 1. The van der Waals surface area contributed by atoms with Gasteiger partial charge >= 0.3 is 0 Å². The molecule has 7 heteroatoms. The molecule has 1 aliphatic heterocycles. The fourth-order valence-corrected chi connectivity index (χ4v) is 4.56. The van der Waals surface area contributed by atoms with E-state index in [1.165, 1.54) is 22.5 Å². The standard InChI is InChI=1S/C26H19NO5S/c28-24(21-12-6-14-33-21)22-23(27(26(30)25(22)29)16-20-11-5-13-31-20)17-7-4-10-19(15-17)32-18-8-2-1-3-9-18/h1-15,23,29H,16H2/t23-/m1/s1. The highest BCUT2D eigenvalue weighted by atomic mass is 32.1. The Bertz CT molecular complexity index is 1310. The van der Waals surface area contributed by atoms with Crippen molar-refractivity contribution in [2.75, 3.05) is 0 Å². The molecule has 4 aromatic rings. The Morgan fingerprint density at radius 1 is 1.00 bits per heavy atom. The molecule has 0 spiro atoms. The van der Waals surface area contributed by atoms with E-state index in [0.29, 0.717) is 27.7 Å². The fourth-order valence-electron chi connectivity index (χ4n) is 3.88. The maximum absolute atomic E-state index is 13.3. The van der Waals surface area contributed by atoms with Gasteiger partial charge in [-0.05, 0) is 53.4 Å². The molecule has 2 aromatic heterocycles. The molecule has 1 atom stereocenters. The zero-order valence-electron chi connectivity index (χ0n) is 17.4. The first-order chi connectivity index (χ1) is 16.1. The van der Waals surface area contributed by atoms with Crippen LogP contribution in [0.5, 0.6) is 11.5 Å². The highest BCUT2D eigenvalue weighted by Crippen LogP contribution is 2.41. The van der Waals surface area contributed by atoms with Crippen LogP contribution in [-0.4, -0.2) is 21.7 Å². The Morgan fingerprint density at radius 3 is 2.55 bits per heavy atom. The lowest BCUT2D eigenvalue weighted by atomic mass is 9.95. The summed E-state index contributed by atoms with van der Waals surface area (Å²) in [6, 6.07) is 22.6. The van der Waals surface area contributed by atoms with Crippen LogP contribution in [0.3, 0.4) is 0 Å². The second-order valence-electron chi connectivity index (χ2n) is 7.47. The number of benzene rings is 2. The van der Waals surface area contributed by atoms with E-state index in [4.69, 9.17) is 9.15 Å². The molecule has 0 bridgehead atoms. The number of rotatable bonds is 7. The van der Waals surface area contributed by atoms with Gasteiger partial charge in [-0.25, -0.2) is 0 Å². The first kappa shape index (κ1) is 20.8. The summed E-state index contributed by atoms with van der Waals surface area (Å²) in [6.45, 7) is 0.103. The number of furan rings is 1. The molecule has 0 fully saturated rings. The summed E-state index contributed by atoms with van der Waals surface area (Å²) in [7, 11) is 0. The van der Waals surface area contributed by atoms with Crippen LogP contribution in [0.1, 0.15) is 27.0 Å². The van der Waals surface area contributed by atoms with Crippen LogP contribution in [0.15, 0.2) is 106 Å². The molecule has 0 saturated heterocycles. The number of nitrogens with zero attached hydrogens (tertiary/aromatic N) is 1. The third-order valence-corrected chi connectivity index (χ3v) is 6.22. The van der Waals surface area contributed by atoms with Gasteiger partial charge < -0.3 is 19.2 Å².